The van der Waals surface area contributed by atoms with Crippen molar-refractivity contribution >= 4 is 17.2 Å². The van der Waals surface area contributed by atoms with Gasteiger partial charge in [0.2, 0.25) is 5.91 Å². The largest absolute Gasteiger partial charge is 0.333 e. The van der Waals surface area contributed by atoms with Gasteiger partial charge in [0.1, 0.15) is 11.2 Å². The first kappa shape index (κ1) is 9.61. The second-order valence-electron chi connectivity index (χ2n) is 3.31. The SMILES string of the molecule is CCCc1csc(C2NCC(=O)N2)n1. The van der Waals surface area contributed by atoms with Crippen molar-refractivity contribution in [3.05, 3.63) is 16.1 Å². The molecule has 1 aliphatic heterocycles. The Labute approximate surface area is 86.7 Å². The van der Waals surface area contributed by atoms with Gasteiger partial charge < -0.3 is 5.32 Å². The van der Waals surface area contributed by atoms with Gasteiger partial charge in [-0.25, -0.2) is 4.98 Å². The third kappa shape index (κ3) is 1.93. The predicted octanol–water partition coefficient (Wildman–Crippen LogP) is 0.814. The predicted molar refractivity (Wildman–Crippen MR) is 55.0 cm³/mol. The zero-order valence-corrected chi connectivity index (χ0v) is 8.86. The van der Waals surface area contributed by atoms with Crippen molar-refractivity contribution < 1.29 is 4.79 Å². The van der Waals surface area contributed by atoms with Crippen LogP contribution in [-0.2, 0) is 11.2 Å². The molecule has 0 bridgehead atoms. The first-order chi connectivity index (χ1) is 6.79. The van der Waals surface area contributed by atoms with Gasteiger partial charge in [0.15, 0.2) is 0 Å². The number of nitrogens with zero attached hydrogens (tertiary/aromatic N) is 1. The molecule has 0 saturated carbocycles. The summed E-state index contributed by atoms with van der Waals surface area (Å²) in [5.74, 6) is 0.0437. The molecule has 0 radical (unpaired) electrons. The number of thiazole rings is 1. The van der Waals surface area contributed by atoms with E-state index >= 15 is 0 Å². The minimum absolute atomic E-state index is 0.0437. The van der Waals surface area contributed by atoms with Gasteiger partial charge in [-0.3, -0.25) is 10.1 Å². The van der Waals surface area contributed by atoms with Gasteiger partial charge in [0.05, 0.1) is 12.2 Å². The van der Waals surface area contributed by atoms with Gasteiger partial charge in [0, 0.05) is 5.38 Å². The number of carbonyl (C=O) groups excluding carboxylic acids is 1. The first-order valence-corrected chi connectivity index (χ1v) is 5.64. The quantitative estimate of drug-likeness (QED) is 0.778. The van der Waals surface area contributed by atoms with Crippen LogP contribution >= 0.6 is 11.3 Å². The number of aromatic nitrogens is 1. The number of carbonyl (C=O) groups is 1. The van der Waals surface area contributed by atoms with Crippen molar-refractivity contribution in [2.24, 2.45) is 0 Å². The normalized spacial score (nSPS) is 21.2. The summed E-state index contributed by atoms with van der Waals surface area (Å²) in [7, 11) is 0. The van der Waals surface area contributed by atoms with E-state index in [1.165, 1.54) is 0 Å². The molecule has 5 heteroatoms. The van der Waals surface area contributed by atoms with Crippen LogP contribution < -0.4 is 10.6 Å². The van der Waals surface area contributed by atoms with E-state index in [0.29, 0.717) is 6.54 Å². The van der Waals surface area contributed by atoms with Crippen molar-refractivity contribution in [2.75, 3.05) is 6.54 Å². The van der Waals surface area contributed by atoms with E-state index in [2.05, 4.69) is 27.9 Å². The lowest BCUT2D eigenvalue weighted by molar-refractivity contribution is -0.118. The van der Waals surface area contributed by atoms with E-state index in [1.807, 2.05) is 0 Å². The maximum atomic E-state index is 11.0. The van der Waals surface area contributed by atoms with Crippen LogP contribution in [0.2, 0.25) is 0 Å². The van der Waals surface area contributed by atoms with Crippen molar-refractivity contribution in [2.45, 2.75) is 25.9 Å². The summed E-state index contributed by atoms with van der Waals surface area (Å²) in [6.07, 6.45) is 2.04. The Morgan fingerprint density at radius 1 is 1.71 bits per heavy atom. The summed E-state index contributed by atoms with van der Waals surface area (Å²) in [6, 6.07) is 0. The number of rotatable bonds is 3. The molecule has 4 nitrogen and oxygen atoms in total. The van der Waals surface area contributed by atoms with Crippen LogP contribution in [0.25, 0.3) is 0 Å². The minimum atomic E-state index is -0.0712. The molecule has 2 N–H and O–H groups in total. The smallest absolute Gasteiger partial charge is 0.235 e. The molecule has 2 heterocycles. The number of aryl methyl sites for hydroxylation is 1. The minimum Gasteiger partial charge on any atom is -0.333 e. The van der Waals surface area contributed by atoms with Gasteiger partial charge in [-0.2, -0.15) is 0 Å². The van der Waals surface area contributed by atoms with Crippen molar-refractivity contribution in [3.8, 4) is 0 Å². The van der Waals surface area contributed by atoms with E-state index in [-0.39, 0.29) is 12.1 Å². The van der Waals surface area contributed by atoms with E-state index < -0.39 is 0 Å². The third-order valence-electron chi connectivity index (χ3n) is 2.09. The van der Waals surface area contributed by atoms with Crippen molar-refractivity contribution in [1.29, 1.82) is 0 Å². The lowest BCUT2D eigenvalue weighted by Gasteiger charge is -2.04. The molecule has 1 amide bonds. The van der Waals surface area contributed by atoms with Gasteiger partial charge in [-0.1, -0.05) is 13.3 Å². The van der Waals surface area contributed by atoms with Crippen LogP contribution in [0.1, 0.15) is 30.2 Å². The average molecular weight is 211 g/mol. The molecule has 2 rings (SSSR count). The Hall–Kier alpha value is -0.940. The summed E-state index contributed by atoms with van der Waals surface area (Å²) in [4.78, 5) is 15.4. The fourth-order valence-corrected chi connectivity index (χ4v) is 2.31. The van der Waals surface area contributed by atoms with E-state index in [4.69, 9.17) is 0 Å². The maximum Gasteiger partial charge on any atom is 0.235 e. The Morgan fingerprint density at radius 2 is 2.57 bits per heavy atom. The van der Waals surface area contributed by atoms with Crippen molar-refractivity contribution in [1.82, 2.24) is 15.6 Å². The zero-order valence-electron chi connectivity index (χ0n) is 8.04. The molecule has 1 atom stereocenters. The second kappa shape index (κ2) is 4.06. The highest BCUT2D eigenvalue weighted by atomic mass is 32.1. The summed E-state index contributed by atoms with van der Waals surface area (Å²) >= 11 is 1.60. The van der Waals surface area contributed by atoms with E-state index in [1.54, 1.807) is 11.3 Å². The highest BCUT2D eigenvalue weighted by Gasteiger charge is 2.23. The van der Waals surface area contributed by atoms with Gasteiger partial charge in [-0.15, -0.1) is 11.3 Å². The molecule has 14 heavy (non-hydrogen) atoms. The standard InChI is InChI=1S/C9H13N3OS/c1-2-3-6-5-14-9(11-6)8-10-4-7(13)12-8/h5,8,10H,2-4H2,1H3,(H,12,13). The molecule has 1 aliphatic rings. The van der Waals surface area contributed by atoms with Crippen LogP contribution in [0.3, 0.4) is 0 Å². The van der Waals surface area contributed by atoms with Gasteiger partial charge in [-0.05, 0) is 6.42 Å². The number of hydrogen-bond acceptors (Lipinski definition) is 4. The molecule has 0 aromatic carbocycles. The molecule has 1 saturated heterocycles. The summed E-state index contributed by atoms with van der Waals surface area (Å²) in [6.45, 7) is 2.53. The number of nitrogens with one attached hydrogen (secondary N) is 2. The summed E-state index contributed by atoms with van der Waals surface area (Å²) < 4.78 is 0. The molecule has 1 fully saturated rings. The van der Waals surface area contributed by atoms with Crippen LogP contribution in [0, 0.1) is 0 Å². The fourth-order valence-electron chi connectivity index (χ4n) is 1.43. The van der Waals surface area contributed by atoms with Gasteiger partial charge in [0.25, 0.3) is 0 Å². The first-order valence-electron chi connectivity index (χ1n) is 4.76. The van der Waals surface area contributed by atoms with Crippen LogP contribution in [0.5, 0.6) is 0 Å². The van der Waals surface area contributed by atoms with Gasteiger partial charge >= 0.3 is 0 Å². The highest BCUT2D eigenvalue weighted by molar-refractivity contribution is 7.09. The Balaban J connectivity index is 2.05. The van der Waals surface area contributed by atoms with Crippen molar-refractivity contribution in [3.63, 3.8) is 0 Å². The molecular weight excluding hydrogens is 198 g/mol. The second-order valence-corrected chi connectivity index (χ2v) is 4.20. The summed E-state index contributed by atoms with van der Waals surface area (Å²) in [5.41, 5.74) is 1.12. The Morgan fingerprint density at radius 3 is 3.21 bits per heavy atom. The van der Waals surface area contributed by atoms with Crippen LogP contribution in [0.4, 0.5) is 0 Å². The monoisotopic (exact) mass is 211 g/mol. The lowest BCUT2D eigenvalue weighted by atomic mass is 10.3. The van der Waals surface area contributed by atoms with Crippen LogP contribution in [-0.4, -0.2) is 17.4 Å². The lowest BCUT2D eigenvalue weighted by Crippen LogP contribution is -2.22. The molecule has 0 aliphatic carbocycles. The zero-order chi connectivity index (χ0) is 9.97. The van der Waals surface area contributed by atoms with Crippen LogP contribution in [0.15, 0.2) is 5.38 Å². The average Bonchev–Trinajstić information content (AvgIpc) is 2.74. The van der Waals surface area contributed by atoms with E-state index in [0.717, 1.165) is 23.5 Å². The summed E-state index contributed by atoms with van der Waals surface area (Å²) in [5, 5.41) is 8.91. The molecule has 1 aromatic heterocycles. The molecular formula is C9H13N3OS. The third-order valence-corrected chi connectivity index (χ3v) is 3.05. The number of amides is 1. The number of hydrogen-bond donors (Lipinski definition) is 2. The van der Waals surface area contributed by atoms with E-state index in [9.17, 15) is 4.79 Å². The maximum absolute atomic E-state index is 11.0. The Kier molecular flexibility index (Phi) is 2.79. The highest BCUT2D eigenvalue weighted by Crippen LogP contribution is 2.18. The molecule has 1 aromatic rings. The fraction of sp³-hybridized carbons (Fsp3) is 0.556. The molecule has 76 valence electrons. The topological polar surface area (TPSA) is 54.0 Å². The molecule has 1 unspecified atom stereocenters. The molecule has 0 spiro atoms. The Bertz CT molecular complexity index is 337.